The van der Waals surface area contributed by atoms with Gasteiger partial charge in [-0.15, -0.1) is 0 Å². The summed E-state index contributed by atoms with van der Waals surface area (Å²) in [6, 6.07) is 14.2. The molecule has 2 aliphatic rings. The van der Waals surface area contributed by atoms with Crippen molar-refractivity contribution in [2.24, 2.45) is 10.1 Å². The van der Waals surface area contributed by atoms with Crippen molar-refractivity contribution in [3.05, 3.63) is 54.6 Å². The van der Waals surface area contributed by atoms with E-state index in [0.717, 1.165) is 6.42 Å². The topological polar surface area (TPSA) is 130 Å². The molecule has 0 bridgehead atoms. The molecule has 1 amide bonds. The molecule has 2 N–H and O–H groups in total. The Hall–Kier alpha value is -3.73. The van der Waals surface area contributed by atoms with Crippen LogP contribution in [0.2, 0.25) is 0 Å². The summed E-state index contributed by atoms with van der Waals surface area (Å²) < 4.78 is 33.0. The zero-order chi connectivity index (χ0) is 24.1. The fraction of sp³-hybridized carbons (Fsp3) is 0.304. The number of amides is 1. The van der Waals surface area contributed by atoms with Crippen LogP contribution in [0.3, 0.4) is 0 Å². The van der Waals surface area contributed by atoms with Crippen molar-refractivity contribution >= 4 is 44.8 Å². The Labute approximate surface area is 197 Å². The van der Waals surface area contributed by atoms with Gasteiger partial charge in [0.15, 0.2) is 0 Å². The molecule has 0 aromatic heterocycles. The number of ether oxygens (including phenoxy) is 1. The number of nitrogens with zero attached hydrogens (tertiary/aromatic N) is 3. The third-order valence-electron chi connectivity index (χ3n) is 5.28. The highest BCUT2D eigenvalue weighted by atomic mass is 32.2. The van der Waals surface area contributed by atoms with Gasteiger partial charge < -0.3 is 10.1 Å². The minimum absolute atomic E-state index is 0.00898. The maximum Gasteiger partial charge on any atom is 0.354 e. The first-order valence-electron chi connectivity index (χ1n) is 10.9. The second kappa shape index (κ2) is 10.0. The standard InChI is InChI=1S/C23H25N5O5S/c1-2-33-23(30)19-15-20(28(26-19)17-9-4-3-5-10-17)22(29)25-16-8-6-11-18(14-16)34(31,32)27-21-12-7-13-24-21/h3-6,8-11,14,20H,2,7,12-13,15H2,1H3,(H,24,27)(H,25,29). The average molecular weight is 484 g/mol. The first-order valence-corrected chi connectivity index (χ1v) is 12.4. The van der Waals surface area contributed by atoms with E-state index in [1.165, 1.54) is 17.1 Å². The zero-order valence-corrected chi connectivity index (χ0v) is 19.4. The number of anilines is 2. The van der Waals surface area contributed by atoms with Crippen molar-refractivity contribution in [2.75, 3.05) is 23.5 Å². The maximum absolute atomic E-state index is 13.2. The second-order valence-electron chi connectivity index (χ2n) is 7.72. The van der Waals surface area contributed by atoms with Crippen LogP contribution in [0.5, 0.6) is 0 Å². The molecule has 4 rings (SSSR count). The van der Waals surface area contributed by atoms with Gasteiger partial charge in [0.05, 0.1) is 17.2 Å². The molecular weight excluding hydrogens is 458 g/mol. The number of benzene rings is 2. The quantitative estimate of drug-likeness (QED) is 0.582. The third-order valence-corrected chi connectivity index (χ3v) is 6.66. The van der Waals surface area contributed by atoms with E-state index < -0.39 is 27.9 Å². The van der Waals surface area contributed by atoms with Gasteiger partial charge >= 0.3 is 5.97 Å². The van der Waals surface area contributed by atoms with E-state index in [1.807, 2.05) is 6.07 Å². The highest BCUT2D eigenvalue weighted by molar-refractivity contribution is 7.90. The lowest BCUT2D eigenvalue weighted by Crippen LogP contribution is -2.39. The smallest absolute Gasteiger partial charge is 0.354 e. The van der Waals surface area contributed by atoms with Crippen molar-refractivity contribution in [1.29, 1.82) is 0 Å². The number of hydrogen-bond donors (Lipinski definition) is 2. The molecule has 0 fully saturated rings. The van der Waals surface area contributed by atoms with Crippen LogP contribution in [0.15, 0.2) is 69.6 Å². The molecule has 0 aliphatic carbocycles. The van der Waals surface area contributed by atoms with Crippen LogP contribution in [-0.2, 0) is 24.3 Å². The number of hydrazone groups is 1. The maximum atomic E-state index is 13.2. The normalized spacial score (nSPS) is 17.7. The number of carbonyl (C=O) groups excluding carboxylic acids is 2. The Balaban J connectivity index is 1.53. The SMILES string of the molecule is CCOC(=O)C1=NN(c2ccccc2)C(C(=O)Nc2cccc(S(=O)(=O)NC3=NCCC3)c2)C1. The van der Waals surface area contributed by atoms with Crippen LogP contribution >= 0.6 is 0 Å². The number of nitrogens with one attached hydrogen (secondary N) is 2. The van der Waals surface area contributed by atoms with Gasteiger partial charge in [0, 0.05) is 25.1 Å². The minimum atomic E-state index is -3.83. The van der Waals surface area contributed by atoms with Gasteiger partial charge in [0.1, 0.15) is 17.6 Å². The number of carbonyl (C=O) groups is 2. The molecule has 0 spiro atoms. The van der Waals surface area contributed by atoms with Gasteiger partial charge in [0.2, 0.25) is 5.91 Å². The lowest BCUT2D eigenvalue weighted by atomic mass is 10.1. The Morgan fingerprint density at radius 3 is 2.65 bits per heavy atom. The summed E-state index contributed by atoms with van der Waals surface area (Å²) in [6.07, 6.45) is 1.44. The summed E-state index contributed by atoms with van der Waals surface area (Å²) in [4.78, 5) is 29.6. The molecule has 34 heavy (non-hydrogen) atoms. The summed E-state index contributed by atoms with van der Waals surface area (Å²) in [5.74, 6) is -0.579. The van der Waals surface area contributed by atoms with Crippen LogP contribution in [0, 0.1) is 0 Å². The van der Waals surface area contributed by atoms with Crippen molar-refractivity contribution in [2.45, 2.75) is 37.1 Å². The van der Waals surface area contributed by atoms with Gasteiger partial charge in [-0.3, -0.25) is 19.5 Å². The van der Waals surface area contributed by atoms with Gasteiger partial charge in [-0.05, 0) is 43.7 Å². The van der Waals surface area contributed by atoms with Crippen LogP contribution in [0.1, 0.15) is 26.2 Å². The fourth-order valence-electron chi connectivity index (χ4n) is 3.67. The molecule has 178 valence electrons. The first-order chi connectivity index (χ1) is 16.4. The van der Waals surface area contributed by atoms with Crippen molar-refractivity contribution in [3.8, 4) is 0 Å². The number of rotatable bonds is 7. The minimum Gasteiger partial charge on any atom is -0.461 e. The first kappa shape index (κ1) is 23.4. The Kier molecular flexibility index (Phi) is 6.92. The number of sulfonamides is 1. The van der Waals surface area contributed by atoms with Crippen LogP contribution < -0.4 is 15.0 Å². The van der Waals surface area contributed by atoms with E-state index in [0.29, 0.717) is 30.2 Å². The molecular formula is C23H25N5O5S. The predicted octanol–water partition coefficient (Wildman–Crippen LogP) is 2.29. The fourth-order valence-corrected chi connectivity index (χ4v) is 4.81. The van der Waals surface area contributed by atoms with Gasteiger partial charge in [0.25, 0.3) is 10.0 Å². The van der Waals surface area contributed by atoms with E-state index in [4.69, 9.17) is 4.74 Å². The summed E-state index contributed by atoms with van der Waals surface area (Å²) in [7, 11) is -3.83. The highest BCUT2D eigenvalue weighted by Crippen LogP contribution is 2.26. The van der Waals surface area contributed by atoms with E-state index in [1.54, 1.807) is 43.3 Å². The Bertz CT molecular complexity index is 1240. The Morgan fingerprint density at radius 1 is 1.15 bits per heavy atom. The summed E-state index contributed by atoms with van der Waals surface area (Å²) in [5, 5.41) is 8.56. The number of hydrogen-bond acceptors (Lipinski definition) is 8. The molecule has 2 heterocycles. The number of aliphatic imine (C=N–C) groups is 1. The van der Waals surface area contributed by atoms with Crippen molar-refractivity contribution in [1.82, 2.24) is 4.72 Å². The molecule has 2 aliphatic heterocycles. The lowest BCUT2D eigenvalue weighted by Gasteiger charge is -2.22. The molecule has 0 radical (unpaired) electrons. The molecule has 11 heteroatoms. The zero-order valence-electron chi connectivity index (χ0n) is 18.6. The van der Waals surface area contributed by atoms with Gasteiger partial charge in [-0.25, -0.2) is 13.2 Å². The largest absolute Gasteiger partial charge is 0.461 e. The molecule has 0 saturated carbocycles. The Morgan fingerprint density at radius 2 is 1.94 bits per heavy atom. The number of para-hydroxylation sites is 1. The second-order valence-corrected chi connectivity index (χ2v) is 9.40. The average Bonchev–Trinajstić information content (AvgIpc) is 3.50. The molecule has 0 saturated heterocycles. The lowest BCUT2D eigenvalue weighted by molar-refractivity contribution is -0.135. The van der Waals surface area contributed by atoms with E-state index in [2.05, 4.69) is 20.1 Å². The molecule has 1 atom stereocenters. The van der Waals surface area contributed by atoms with Crippen LogP contribution in [0.4, 0.5) is 11.4 Å². The van der Waals surface area contributed by atoms with E-state index >= 15 is 0 Å². The molecule has 10 nitrogen and oxygen atoms in total. The van der Waals surface area contributed by atoms with E-state index in [-0.39, 0.29) is 23.6 Å². The van der Waals surface area contributed by atoms with Gasteiger partial charge in [-0.2, -0.15) is 5.10 Å². The highest BCUT2D eigenvalue weighted by Gasteiger charge is 2.37. The predicted molar refractivity (Wildman–Crippen MR) is 128 cm³/mol. The summed E-state index contributed by atoms with van der Waals surface area (Å²) in [6.45, 7) is 2.49. The number of esters is 1. The van der Waals surface area contributed by atoms with Crippen molar-refractivity contribution < 1.29 is 22.7 Å². The summed E-state index contributed by atoms with van der Waals surface area (Å²) >= 11 is 0. The summed E-state index contributed by atoms with van der Waals surface area (Å²) in [5.41, 5.74) is 1.09. The van der Waals surface area contributed by atoms with Crippen molar-refractivity contribution in [3.63, 3.8) is 0 Å². The van der Waals surface area contributed by atoms with E-state index in [9.17, 15) is 18.0 Å². The van der Waals surface area contributed by atoms with Gasteiger partial charge in [-0.1, -0.05) is 24.3 Å². The number of amidine groups is 1. The van der Waals surface area contributed by atoms with Crippen LogP contribution in [-0.4, -0.2) is 51.0 Å². The third kappa shape index (κ3) is 5.25. The molecule has 2 aromatic rings. The monoisotopic (exact) mass is 483 g/mol. The van der Waals surface area contributed by atoms with Crippen LogP contribution in [0.25, 0.3) is 0 Å². The molecule has 2 aromatic carbocycles. The molecule has 1 unspecified atom stereocenters.